The quantitative estimate of drug-likeness (QED) is 0.525. The molecular formula is C23H26ClNO2. The predicted octanol–water partition coefficient (Wildman–Crippen LogP) is 5.98. The minimum absolute atomic E-state index is 0.625. The molecule has 27 heavy (non-hydrogen) atoms. The van der Waals surface area contributed by atoms with Crippen LogP contribution in [0.25, 0.3) is 6.08 Å². The van der Waals surface area contributed by atoms with Crippen LogP contribution in [0.5, 0.6) is 11.5 Å². The molecule has 3 rings (SSSR count). The molecule has 0 saturated heterocycles. The van der Waals surface area contributed by atoms with Gasteiger partial charge in [0, 0.05) is 17.1 Å². The number of hydrogen-bond donors (Lipinski definition) is 0. The maximum atomic E-state index is 6.00. The first-order valence-corrected chi connectivity index (χ1v) is 10.00. The first kappa shape index (κ1) is 19.5. The Morgan fingerprint density at radius 3 is 2.56 bits per heavy atom. The number of fused-ring (bicyclic) bond motifs is 1. The molecule has 0 bridgehead atoms. The van der Waals surface area contributed by atoms with E-state index in [1.165, 1.54) is 5.56 Å². The monoisotopic (exact) mass is 383 g/mol. The van der Waals surface area contributed by atoms with Crippen LogP contribution in [-0.2, 0) is 6.42 Å². The fourth-order valence-corrected chi connectivity index (χ4v) is 3.15. The largest absolute Gasteiger partial charge is 0.490 e. The summed E-state index contributed by atoms with van der Waals surface area (Å²) in [5, 5.41) is 0.741. The number of aliphatic imine (C=N–C) groups is 1. The number of nitrogens with zero attached hydrogens (tertiary/aromatic N) is 1. The van der Waals surface area contributed by atoms with E-state index in [2.05, 4.69) is 31.2 Å². The van der Waals surface area contributed by atoms with E-state index in [4.69, 9.17) is 26.1 Å². The van der Waals surface area contributed by atoms with Gasteiger partial charge in [0.25, 0.3) is 0 Å². The lowest BCUT2D eigenvalue weighted by Crippen LogP contribution is -2.12. The Morgan fingerprint density at radius 1 is 1.04 bits per heavy atom. The third-order valence-electron chi connectivity index (χ3n) is 4.47. The first-order valence-electron chi connectivity index (χ1n) is 9.62. The van der Waals surface area contributed by atoms with Gasteiger partial charge in [0.2, 0.25) is 0 Å². The lowest BCUT2D eigenvalue weighted by atomic mass is 9.96. The number of ether oxygens (including phenoxy) is 2. The molecule has 4 heteroatoms. The SMILES string of the molecule is CCCCOc1cc2c(cc1OCC)CCN=C2C=Cc1ccc(Cl)cc1. The molecule has 0 amide bonds. The molecule has 1 aliphatic rings. The van der Waals surface area contributed by atoms with Crippen molar-refractivity contribution in [3.05, 3.63) is 64.2 Å². The fraction of sp³-hybridized carbons (Fsp3) is 0.348. The molecule has 1 heterocycles. The normalized spacial score (nSPS) is 13.4. The van der Waals surface area contributed by atoms with E-state index in [1.54, 1.807) is 0 Å². The molecule has 0 spiro atoms. The highest BCUT2D eigenvalue weighted by Gasteiger charge is 2.17. The predicted molar refractivity (Wildman–Crippen MR) is 114 cm³/mol. The van der Waals surface area contributed by atoms with Crippen LogP contribution in [0.2, 0.25) is 5.02 Å². The summed E-state index contributed by atoms with van der Waals surface area (Å²) in [6.07, 6.45) is 7.18. The Bertz CT molecular complexity index is 825. The van der Waals surface area contributed by atoms with E-state index < -0.39 is 0 Å². The lowest BCUT2D eigenvalue weighted by Gasteiger charge is -2.19. The van der Waals surface area contributed by atoms with E-state index in [1.807, 2.05) is 31.2 Å². The first-order chi connectivity index (χ1) is 13.2. The molecule has 0 radical (unpaired) electrons. The molecule has 0 saturated carbocycles. The summed E-state index contributed by atoms with van der Waals surface area (Å²) < 4.78 is 11.8. The van der Waals surface area contributed by atoms with Gasteiger partial charge in [-0.05, 0) is 61.2 Å². The summed E-state index contributed by atoms with van der Waals surface area (Å²) in [6, 6.07) is 12.0. The highest BCUT2D eigenvalue weighted by molar-refractivity contribution is 6.30. The summed E-state index contributed by atoms with van der Waals surface area (Å²) in [7, 11) is 0. The van der Waals surface area contributed by atoms with Gasteiger partial charge in [-0.1, -0.05) is 43.2 Å². The van der Waals surface area contributed by atoms with Gasteiger partial charge in [-0.3, -0.25) is 4.99 Å². The Hall–Kier alpha value is -2.26. The zero-order chi connectivity index (χ0) is 19.1. The Morgan fingerprint density at radius 2 is 1.81 bits per heavy atom. The van der Waals surface area contributed by atoms with Crippen molar-refractivity contribution in [3.8, 4) is 11.5 Å². The molecule has 2 aromatic carbocycles. The Labute approximate surface area is 166 Å². The molecule has 0 aromatic heterocycles. The molecule has 142 valence electrons. The zero-order valence-corrected chi connectivity index (χ0v) is 16.8. The van der Waals surface area contributed by atoms with Crippen molar-refractivity contribution in [1.82, 2.24) is 0 Å². The number of hydrogen-bond acceptors (Lipinski definition) is 3. The van der Waals surface area contributed by atoms with E-state index in [9.17, 15) is 0 Å². The second-order valence-electron chi connectivity index (χ2n) is 6.49. The second-order valence-corrected chi connectivity index (χ2v) is 6.93. The van der Waals surface area contributed by atoms with E-state index in [-0.39, 0.29) is 0 Å². The number of allylic oxidation sites excluding steroid dienone is 1. The Balaban J connectivity index is 1.88. The van der Waals surface area contributed by atoms with Crippen LogP contribution in [0.15, 0.2) is 47.5 Å². The van der Waals surface area contributed by atoms with Gasteiger partial charge < -0.3 is 9.47 Å². The number of rotatable bonds is 8. The molecular weight excluding hydrogens is 358 g/mol. The van der Waals surface area contributed by atoms with Gasteiger partial charge >= 0.3 is 0 Å². The van der Waals surface area contributed by atoms with Gasteiger partial charge in [0.1, 0.15) is 0 Å². The molecule has 2 aromatic rings. The fourth-order valence-electron chi connectivity index (χ4n) is 3.03. The summed E-state index contributed by atoms with van der Waals surface area (Å²) >= 11 is 5.96. The number of benzene rings is 2. The lowest BCUT2D eigenvalue weighted by molar-refractivity contribution is 0.272. The molecule has 1 aliphatic heterocycles. The summed E-state index contributed by atoms with van der Waals surface area (Å²) in [5.74, 6) is 1.63. The number of unbranched alkanes of at least 4 members (excludes halogenated alkanes) is 1. The van der Waals surface area contributed by atoms with Crippen molar-refractivity contribution in [1.29, 1.82) is 0 Å². The van der Waals surface area contributed by atoms with Crippen molar-refractivity contribution in [2.75, 3.05) is 19.8 Å². The van der Waals surface area contributed by atoms with Gasteiger partial charge in [0.05, 0.1) is 18.9 Å². The van der Waals surface area contributed by atoms with Crippen LogP contribution in [0.1, 0.15) is 43.4 Å². The smallest absolute Gasteiger partial charge is 0.161 e. The summed E-state index contributed by atoms with van der Waals surface area (Å²) in [4.78, 5) is 4.72. The van der Waals surface area contributed by atoms with E-state index in [0.29, 0.717) is 13.2 Å². The molecule has 0 unspecified atom stereocenters. The van der Waals surface area contributed by atoms with Crippen LogP contribution >= 0.6 is 11.6 Å². The van der Waals surface area contributed by atoms with Gasteiger partial charge in [-0.15, -0.1) is 0 Å². The van der Waals surface area contributed by atoms with Crippen molar-refractivity contribution in [2.24, 2.45) is 4.99 Å². The summed E-state index contributed by atoms with van der Waals surface area (Å²) in [5.41, 5.74) is 4.46. The van der Waals surface area contributed by atoms with Gasteiger partial charge in [0.15, 0.2) is 11.5 Å². The van der Waals surface area contributed by atoms with Crippen LogP contribution in [-0.4, -0.2) is 25.5 Å². The zero-order valence-electron chi connectivity index (χ0n) is 16.0. The van der Waals surface area contributed by atoms with E-state index >= 15 is 0 Å². The highest BCUT2D eigenvalue weighted by Crippen LogP contribution is 2.33. The van der Waals surface area contributed by atoms with Gasteiger partial charge in [-0.2, -0.15) is 0 Å². The van der Waals surface area contributed by atoms with Crippen LogP contribution in [0, 0.1) is 0 Å². The van der Waals surface area contributed by atoms with Crippen LogP contribution < -0.4 is 9.47 Å². The third-order valence-corrected chi connectivity index (χ3v) is 4.72. The summed E-state index contributed by atoms with van der Waals surface area (Å²) in [6.45, 7) is 6.26. The van der Waals surface area contributed by atoms with Crippen molar-refractivity contribution in [3.63, 3.8) is 0 Å². The highest BCUT2D eigenvalue weighted by atomic mass is 35.5. The maximum Gasteiger partial charge on any atom is 0.161 e. The van der Waals surface area contributed by atoms with E-state index in [0.717, 1.165) is 59.2 Å². The average Bonchev–Trinajstić information content (AvgIpc) is 2.68. The molecule has 3 nitrogen and oxygen atoms in total. The Kier molecular flexibility index (Phi) is 6.94. The van der Waals surface area contributed by atoms with Gasteiger partial charge in [-0.25, -0.2) is 0 Å². The average molecular weight is 384 g/mol. The number of halogens is 1. The second kappa shape index (κ2) is 9.61. The minimum atomic E-state index is 0.625. The van der Waals surface area contributed by atoms with Crippen LogP contribution in [0.4, 0.5) is 0 Å². The third kappa shape index (κ3) is 5.14. The van der Waals surface area contributed by atoms with Crippen LogP contribution in [0.3, 0.4) is 0 Å². The molecule has 0 aliphatic carbocycles. The standard InChI is InChI=1S/C23H26ClNO2/c1-3-5-14-27-23-16-20-18(15-22(23)26-4-2)12-13-25-21(20)11-8-17-6-9-19(24)10-7-17/h6-11,15-16H,3-5,12-14H2,1-2H3. The topological polar surface area (TPSA) is 30.8 Å². The maximum absolute atomic E-state index is 6.00. The molecule has 0 fully saturated rings. The van der Waals surface area contributed by atoms with Crippen molar-refractivity contribution < 1.29 is 9.47 Å². The minimum Gasteiger partial charge on any atom is -0.490 e. The van der Waals surface area contributed by atoms with Crippen molar-refractivity contribution >= 4 is 23.4 Å². The molecule has 0 atom stereocenters. The van der Waals surface area contributed by atoms with Crippen molar-refractivity contribution in [2.45, 2.75) is 33.1 Å². The molecule has 0 N–H and O–H groups in total.